The van der Waals surface area contributed by atoms with E-state index in [9.17, 15) is 17.6 Å². The lowest BCUT2D eigenvalue weighted by molar-refractivity contribution is 0.0950. The number of carbonyl (C=O) groups excluding carboxylic acids is 1. The molecule has 3 aromatic rings. The highest BCUT2D eigenvalue weighted by atomic mass is 32.2. The molecule has 0 aliphatic carbocycles. The van der Waals surface area contributed by atoms with Gasteiger partial charge in [0, 0.05) is 30.8 Å². The fourth-order valence-corrected chi connectivity index (χ4v) is 6.36. The molecule has 35 heavy (non-hydrogen) atoms. The molecule has 1 aliphatic rings. The predicted molar refractivity (Wildman–Crippen MR) is 132 cm³/mol. The van der Waals surface area contributed by atoms with Gasteiger partial charge < -0.3 is 5.32 Å². The van der Waals surface area contributed by atoms with Gasteiger partial charge in [0.15, 0.2) is 0 Å². The molecule has 1 aliphatic heterocycles. The smallest absolute Gasteiger partial charge is 0.251 e. The average Bonchev–Trinajstić information content (AvgIpc) is 3.01. The Morgan fingerprint density at radius 2 is 1.66 bits per heavy atom. The average molecular weight is 499 g/mol. The van der Waals surface area contributed by atoms with Gasteiger partial charge in [-0.15, -0.1) is 0 Å². The lowest BCUT2D eigenvalue weighted by Crippen LogP contribution is -2.32. The summed E-state index contributed by atoms with van der Waals surface area (Å²) in [6.45, 7) is 5.11. The number of aryl methyl sites for hydroxylation is 1. The minimum absolute atomic E-state index is 0.104. The number of hydrogen-bond donors (Lipinski definition) is 1. The number of carbonyl (C=O) groups is 1. The molecule has 186 valence electrons. The number of sulfonamides is 1. The standard InChI is InChI=1S/C26H31FN4O3S/c1-19-25(35(33,34)30-15-7-3-4-8-16-30)20(2)31(29-19)18-21-11-13-22(14-12-21)26(32)28-17-23-9-5-6-10-24(23)27/h5-6,9-14H,3-4,7-8,15-18H2,1-2H3,(H,28,32). The summed E-state index contributed by atoms with van der Waals surface area (Å²) in [5.41, 5.74) is 2.88. The maximum Gasteiger partial charge on any atom is 0.251 e. The first-order valence-corrected chi connectivity index (χ1v) is 13.4. The lowest BCUT2D eigenvalue weighted by Gasteiger charge is -2.20. The van der Waals surface area contributed by atoms with Crippen LogP contribution in [0.3, 0.4) is 0 Å². The molecule has 1 fully saturated rings. The van der Waals surface area contributed by atoms with Gasteiger partial charge >= 0.3 is 0 Å². The second-order valence-electron chi connectivity index (χ2n) is 8.95. The molecule has 0 radical (unpaired) electrons. The lowest BCUT2D eigenvalue weighted by atomic mass is 10.1. The molecule has 2 heterocycles. The van der Waals surface area contributed by atoms with Crippen molar-refractivity contribution in [2.24, 2.45) is 0 Å². The van der Waals surface area contributed by atoms with E-state index < -0.39 is 10.0 Å². The van der Waals surface area contributed by atoms with Crippen LogP contribution in [0.25, 0.3) is 0 Å². The topological polar surface area (TPSA) is 84.3 Å². The molecule has 4 rings (SSSR count). The van der Waals surface area contributed by atoms with Crippen molar-refractivity contribution in [3.8, 4) is 0 Å². The van der Waals surface area contributed by atoms with Crippen molar-refractivity contribution < 1.29 is 17.6 Å². The molecule has 1 amide bonds. The Morgan fingerprint density at radius 3 is 2.31 bits per heavy atom. The summed E-state index contributed by atoms with van der Waals surface area (Å²) >= 11 is 0. The van der Waals surface area contributed by atoms with Gasteiger partial charge in [-0.1, -0.05) is 43.2 Å². The summed E-state index contributed by atoms with van der Waals surface area (Å²) in [6, 6.07) is 13.4. The van der Waals surface area contributed by atoms with Crippen LogP contribution in [0.2, 0.25) is 0 Å². The third-order valence-corrected chi connectivity index (χ3v) is 8.58. The van der Waals surface area contributed by atoms with Gasteiger partial charge in [0.25, 0.3) is 5.91 Å². The summed E-state index contributed by atoms with van der Waals surface area (Å²) < 4.78 is 43.8. The molecule has 1 saturated heterocycles. The Labute approximate surface area is 206 Å². The molecule has 2 aromatic carbocycles. The number of benzene rings is 2. The van der Waals surface area contributed by atoms with Crippen molar-refractivity contribution in [2.45, 2.75) is 57.5 Å². The Balaban J connectivity index is 1.45. The highest BCUT2D eigenvalue weighted by Gasteiger charge is 2.31. The second kappa shape index (κ2) is 10.7. The molecule has 0 atom stereocenters. The van der Waals surface area contributed by atoms with Crippen molar-refractivity contribution in [3.05, 3.63) is 82.4 Å². The number of aromatic nitrogens is 2. The van der Waals surface area contributed by atoms with E-state index in [2.05, 4.69) is 10.4 Å². The fraction of sp³-hybridized carbons (Fsp3) is 0.385. The van der Waals surface area contributed by atoms with E-state index in [1.165, 1.54) is 6.07 Å². The van der Waals surface area contributed by atoms with E-state index >= 15 is 0 Å². The monoisotopic (exact) mass is 498 g/mol. The van der Waals surface area contributed by atoms with E-state index in [4.69, 9.17) is 0 Å². The highest BCUT2D eigenvalue weighted by molar-refractivity contribution is 7.89. The second-order valence-corrected chi connectivity index (χ2v) is 10.8. The van der Waals surface area contributed by atoms with E-state index in [-0.39, 0.29) is 18.3 Å². The molecule has 7 nitrogen and oxygen atoms in total. The first-order valence-electron chi connectivity index (χ1n) is 11.9. The van der Waals surface area contributed by atoms with E-state index in [1.807, 2.05) is 12.1 Å². The number of halogens is 1. The largest absolute Gasteiger partial charge is 0.348 e. The third kappa shape index (κ3) is 5.62. The van der Waals surface area contributed by atoms with Gasteiger partial charge in [-0.2, -0.15) is 9.40 Å². The van der Waals surface area contributed by atoms with Crippen molar-refractivity contribution in [1.29, 1.82) is 0 Å². The molecular weight excluding hydrogens is 467 g/mol. The van der Waals surface area contributed by atoms with Crippen LogP contribution in [0, 0.1) is 19.7 Å². The van der Waals surface area contributed by atoms with Crippen LogP contribution in [0.1, 0.15) is 58.6 Å². The van der Waals surface area contributed by atoms with Gasteiger partial charge in [-0.25, -0.2) is 12.8 Å². The predicted octanol–water partition coefficient (Wildman–Crippen LogP) is 4.18. The molecule has 0 unspecified atom stereocenters. The maximum atomic E-state index is 13.8. The number of nitrogens with zero attached hydrogens (tertiary/aromatic N) is 3. The van der Waals surface area contributed by atoms with Crippen molar-refractivity contribution in [1.82, 2.24) is 19.4 Å². The molecule has 1 N–H and O–H groups in total. The van der Waals surface area contributed by atoms with Crippen LogP contribution in [-0.2, 0) is 23.1 Å². The number of nitrogens with one attached hydrogen (secondary N) is 1. The molecule has 0 bridgehead atoms. The maximum absolute atomic E-state index is 13.8. The normalized spacial score (nSPS) is 15.1. The van der Waals surface area contributed by atoms with Crippen molar-refractivity contribution in [2.75, 3.05) is 13.1 Å². The molecule has 0 saturated carbocycles. The van der Waals surface area contributed by atoms with Gasteiger partial charge in [0.05, 0.1) is 17.9 Å². The Kier molecular flexibility index (Phi) is 7.66. The summed E-state index contributed by atoms with van der Waals surface area (Å²) in [6.07, 6.45) is 3.87. The Bertz CT molecular complexity index is 1290. The van der Waals surface area contributed by atoms with E-state index in [0.717, 1.165) is 31.2 Å². The SMILES string of the molecule is Cc1nn(Cc2ccc(C(=O)NCc3ccccc3F)cc2)c(C)c1S(=O)(=O)N1CCCCCC1. The molecule has 9 heteroatoms. The van der Waals surface area contributed by atoms with E-state index in [0.29, 0.717) is 47.0 Å². The summed E-state index contributed by atoms with van der Waals surface area (Å²) in [4.78, 5) is 12.8. The zero-order valence-corrected chi connectivity index (χ0v) is 20.9. The van der Waals surface area contributed by atoms with Gasteiger partial charge in [0.2, 0.25) is 10.0 Å². The quantitative estimate of drug-likeness (QED) is 0.530. The van der Waals surface area contributed by atoms with Crippen LogP contribution in [0.15, 0.2) is 53.4 Å². The first-order chi connectivity index (χ1) is 16.8. The molecule has 0 spiro atoms. The van der Waals surface area contributed by atoms with Gasteiger partial charge in [-0.3, -0.25) is 9.48 Å². The molecule has 1 aromatic heterocycles. The summed E-state index contributed by atoms with van der Waals surface area (Å²) in [7, 11) is -3.60. The first kappa shape index (κ1) is 25.1. The zero-order valence-electron chi connectivity index (χ0n) is 20.1. The minimum Gasteiger partial charge on any atom is -0.348 e. The zero-order chi connectivity index (χ0) is 25.0. The van der Waals surface area contributed by atoms with Crippen LogP contribution >= 0.6 is 0 Å². The van der Waals surface area contributed by atoms with Crippen LogP contribution in [0.5, 0.6) is 0 Å². The Morgan fingerprint density at radius 1 is 1.00 bits per heavy atom. The van der Waals surface area contributed by atoms with Crippen LogP contribution in [-0.4, -0.2) is 41.5 Å². The molecular formula is C26H31FN4O3S. The summed E-state index contributed by atoms with van der Waals surface area (Å²) in [5.74, 6) is -0.651. The van der Waals surface area contributed by atoms with Crippen molar-refractivity contribution >= 4 is 15.9 Å². The van der Waals surface area contributed by atoms with Crippen molar-refractivity contribution in [3.63, 3.8) is 0 Å². The summed E-state index contributed by atoms with van der Waals surface area (Å²) in [5, 5.41) is 7.24. The van der Waals surface area contributed by atoms with Gasteiger partial charge in [0.1, 0.15) is 10.7 Å². The van der Waals surface area contributed by atoms with Gasteiger partial charge in [-0.05, 0) is 50.5 Å². The highest BCUT2D eigenvalue weighted by Crippen LogP contribution is 2.26. The fourth-order valence-electron chi connectivity index (χ4n) is 4.47. The number of amides is 1. The van der Waals surface area contributed by atoms with E-state index in [1.54, 1.807) is 53.2 Å². The van der Waals surface area contributed by atoms with Crippen LogP contribution < -0.4 is 5.32 Å². The Hall–Kier alpha value is -3.04. The number of rotatable bonds is 7. The van der Waals surface area contributed by atoms with Crippen LogP contribution in [0.4, 0.5) is 4.39 Å². The number of hydrogen-bond acceptors (Lipinski definition) is 4. The minimum atomic E-state index is -3.60. The third-order valence-electron chi connectivity index (χ3n) is 6.42.